The molecule has 0 saturated carbocycles. The number of imidazole rings is 1. The zero-order valence-corrected chi connectivity index (χ0v) is 10.4. The Kier molecular flexibility index (Phi) is 3.53. The van der Waals surface area contributed by atoms with E-state index in [-0.39, 0.29) is 0 Å². The quantitative estimate of drug-likeness (QED) is 0.875. The lowest BCUT2D eigenvalue weighted by Gasteiger charge is -2.06. The molecule has 17 heavy (non-hydrogen) atoms. The van der Waals surface area contributed by atoms with Gasteiger partial charge < -0.3 is 10.3 Å². The minimum Gasteiger partial charge on any atom is -0.384 e. The number of pyridine rings is 1. The van der Waals surface area contributed by atoms with E-state index in [0.717, 1.165) is 11.3 Å². The molecule has 1 atom stereocenters. The normalized spacial score (nSPS) is 12.5. The fraction of sp³-hybridized carbons (Fsp3) is 0.273. The molecule has 2 aromatic rings. The van der Waals surface area contributed by atoms with Gasteiger partial charge in [-0.3, -0.25) is 4.21 Å². The van der Waals surface area contributed by atoms with Crippen LogP contribution in [0.25, 0.3) is 11.3 Å². The number of nitrogens with two attached hydrogens (primary N) is 1. The van der Waals surface area contributed by atoms with Gasteiger partial charge in [0, 0.05) is 41.1 Å². The Balaban J connectivity index is 2.24. The van der Waals surface area contributed by atoms with Gasteiger partial charge in [0.05, 0.1) is 18.2 Å². The highest BCUT2D eigenvalue weighted by Gasteiger charge is 2.05. The molecule has 0 saturated heterocycles. The number of nitrogens with zero attached hydrogens (tertiary/aromatic N) is 3. The third-order valence-electron chi connectivity index (χ3n) is 2.41. The van der Waals surface area contributed by atoms with Crippen LogP contribution in [0.4, 0.5) is 5.82 Å². The number of anilines is 1. The molecule has 5 nitrogen and oxygen atoms in total. The maximum Gasteiger partial charge on any atom is 0.123 e. The second-order valence-electron chi connectivity index (χ2n) is 3.72. The first kappa shape index (κ1) is 11.8. The SMILES string of the molecule is CS(=O)CCn1cncc1-c1ccc(N)nc1. The monoisotopic (exact) mass is 250 g/mol. The summed E-state index contributed by atoms with van der Waals surface area (Å²) in [5.74, 6) is 1.11. The number of hydrogen-bond donors (Lipinski definition) is 1. The minimum atomic E-state index is -0.803. The van der Waals surface area contributed by atoms with E-state index in [2.05, 4.69) is 9.97 Å². The van der Waals surface area contributed by atoms with E-state index in [1.165, 1.54) is 0 Å². The number of nitrogen functional groups attached to an aromatic ring is 1. The lowest BCUT2D eigenvalue weighted by Crippen LogP contribution is -2.06. The van der Waals surface area contributed by atoms with Crippen LogP contribution in [0.3, 0.4) is 0 Å². The molecule has 0 spiro atoms. The Morgan fingerprint density at radius 2 is 2.24 bits per heavy atom. The molecule has 0 aliphatic rings. The molecular weight excluding hydrogens is 236 g/mol. The summed E-state index contributed by atoms with van der Waals surface area (Å²) < 4.78 is 13.0. The van der Waals surface area contributed by atoms with Crippen molar-refractivity contribution >= 4 is 16.6 Å². The van der Waals surface area contributed by atoms with Crippen molar-refractivity contribution in [2.75, 3.05) is 17.7 Å². The molecule has 0 fully saturated rings. The van der Waals surface area contributed by atoms with E-state index in [0.29, 0.717) is 18.1 Å². The van der Waals surface area contributed by atoms with E-state index in [9.17, 15) is 4.21 Å². The fourth-order valence-electron chi connectivity index (χ4n) is 1.52. The summed E-state index contributed by atoms with van der Waals surface area (Å²) in [6, 6.07) is 3.66. The van der Waals surface area contributed by atoms with Crippen LogP contribution in [0.15, 0.2) is 30.9 Å². The molecule has 2 N–H and O–H groups in total. The topological polar surface area (TPSA) is 73.8 Å². The van der Waals surface area contributed by atoms with Crippen LogP contribution in [0, 0.1) is 0 Å². The summed E-state index contributed by atoms with van der Waals surface area (Å²) >= 11 is 0. The van der Waals surface area contributed by atoms with Gasteiger partial charge in [-0.05, 0) is 12.1 Å². The van der Waals surface area contributed by atoms with Crippen LogP contribution >= 0.6 is 0 Å². The fourth-order valence-corrected chi connectivity index (χ4v) is 1.98. The molecule has 0 amide bonds. The molecule has 1 unspecified atom stereocenters. The van der Waals surface area contributed by atoms with Crippen LogP contribution in [0.1, 0.15) is 0 Å². The van der Waals surface area contributed by atoms with Gasteiger partial charge in [-0.15, -0.1) is 0 Å². The Hall–Kier alpha value is -1.69. The Morgan fingerprint density at radius 3 is 2.88 bits per heavy atom. The van der Waals surface area contributed by atoms with Crippen LogP contribution in [0.2, 0.25) is 0 Å². The molecule has 6 heteroatoms. The van der Waals surface area contributed by atoms with Gasteiger partial charge in [-0.1, -0.05) is 0 Å². The standard InChI is InChI=1S/C11H14N4OS/c1-17(16)5-4-15-8-13-7-10(15)9-2-3-11(12)14-6-9/h2-3,6-8H,4-5H2,1H3,(H2,12,14). The van der Waals surface area contributed by atoms with Crippen molar-refractivity contribution in [1.82, 2.24) is 14.5 Å². The summed E-state index contributed by atoms with van der Waals surface area (Å²) in [5.41, 5.74) is 7.46. The number of aromatic nitrogens is 3. The zero-order chi connectivity index (χ0) is 12.3. The average molecular weight is 250 g/mol. The Labute approximate surface area is 102 Å². The highest BCUT2D eigenvalue weighted by Crippen LogP contribution is 2.18. The second-order valence-corrected chi connectivity index (χ2v) is 5.28. The third-order valence-corrected chi connectivity index (χ3v) is 3.17. The third kappa shape index (κ3) is 2.91. The van der Waals surface area contributed by atoms with E-state index >= 15 is 0 Å². The molecule has 2 rings (SSSR count). The van der Waals surface area contributed by atoms with E-state index < -0.39 is 10.8 Å². The smallest absolute Gasteiger partial charge is 0.123 e. The van der Waals surface area contributed by atoms with Crippen molar-refractivity contribution in [3.8, 4) is 11.3 Å². The summed E-state index contributed by atoms with van der Waals surface area (Å²) in [7, 11) is -0.803. The Bertz CT molecular complexity index is 521. The molecule has 0 bridgehead atoms. The molecule has 2 aromatic heterocycles. The van der Waals surface area contributed by atoms with Crippen molar-refractivity contribution in [3.63, 3.8) is 0 Å². The van der Waals surface area contributed by atoms with E-state index in [1.54, 1.807) is 31.0 Å². The summed E-state index contributed by atoms with van der Waals surface area (Å²) in [5, 5.41) is 0. The first-order valence-corrected chi connectivity index (χ1v) is 6.91. The second kappa shape index (κ2) is 5.09. The van der Waals surface area contributed by atoms with Gasteiger partial charge in [-0.25, -0.2) is 9.97 Å². The van der Waals surface area contributed by atoms with Gasteiger partial charge in [0.2, 0.25) is 0 Å². The van der Waals surface area contributed by atoms with Gasteiger partial charge in [0.25, 0.3) is 0 Å². The van der Waals surface area contributed by atoms with Crippen molar-refractivity contribution in [2.45, 2.75) is 6.54 Å². The van der Waals surface area contributed by atoms with Gasteiger partial charge in [-0.2, -0.15) is 0 Å². The number of rotatable bonds is 4. The first-order valence-electron chi connectivity index (χ1n) is 5.19. The van der Waals surface area contributed by atoms with Crippen molar-refractivity contribution < 1.29 is 4.21 Å². The highest BCUT2D eigenvalue weighted by molar-refractivity contribution is 7.84. The molecule has 2 heterocycles. The van der Waals surface area contributed by atoms with Crippen LogP contribution in [-0.2, 0) is 17.3 Å². The van der Waals surface area contributed by atoms with Crippen molar-refractivity contribution in [3.05, 3.63) is 30.9 Å². The maximum atomic E-state index is 11.1. The van der Waals surface area contributed by atoms with E-state index in [4.69, 9.17) is 5.73 Å². The predicted octanol–water partition coefficient (Wildman–Crippen LogP) is 0.906. The largest absolute Gasteiger partial charge is 0.384 e. The zero-order valence-electron chi connectivity index (χ0n) is 9.54. The average Bonchev–Trinajstić information content (AvgIpc) is 2.75. The number of hydrogen-bond acceptors (Lipinski definition) is 4. The maximum absolute atomic E-state index is 11.1. The first-order chi connectivity index (χ1) is 8.16. The van der Waals surface area contributed by atoms with Crippen LogP contribution in [-0.4, -0.2) is 30.8 Å². The highest BCUT2D eigenvalue weighted by atomic mass is 32.2. The van der Waals surface area contributed by atoms with Gasteiger partial charge in [0.15, 0.2) is 0 Å². The lowest BCUT2D eigenvalue weighted by molar-refractivity contribution is 0.678. The lowest BCUT2D eigenvalue weighted by atomic mass is 10.2. The summed E-state index contributed by atoms with van der Waals surface area (Å²) in [6.07, 6.45) is 6.91. The number of aryl methyl sites for hydroxylation is 1. The molecular formula is C11H14N4OS. The van der Waals surface area contributed by atoms with Crippen LogP contribution in [0.5, 0.6) is 0 Å². The molecule has 0 aliphatic heterocycles. The van der Waals surface area contributed by atoms with Crippen molar-refractivity contribution in [1.29, 1.82) is 0 Å². The predicted molar refractivity (Wildman–Crippen MR) is 68.8 cm³/mol. The molecule has 0 aliphatic carbocycles. The molecule has 90 valence electrons. The summed E-state index contributed by atoms with van der Waals surface area (Å²) in [4.78, 5) is 8.15. The van der Waals surface area contributed by atoms with E-state index in [1.807, 2.05) is 10.6 Å². The molecule has 0 radical (unpaired) electrons. The van der Waals surface area contributed by atoms with Crippen LogP contribution < -0.4 is 5.73 Å². The molecule has 0 aromatic carbocycles. The minimum absolute atomic E-state index is 0.495. The van der Waals surface area contributed by atoms with Gasteiger partial charge in [0.1, 0.15) is 5.82 Å². The Morgan fingerprint density at radius 1 is 1.41 bits per heavy atom. The van der Waals surface area contributed by atoms with Gasteiger partial charge >= 0.3 is 0 Å². The van der Waals surface area contributed by atoms with Crippen molar-refractivity contribution in [2.24, 2.45) is 0 Å². The summed E-state index contributed by atoms with van der Waals surface area (Å²) in [6.45, 7) is 0.683.